The Morgan fingerprint density at radius 3 is 2.68 bits per heavy atom. The Balaban J connectivity index is 1.71. The van der Waals surface area contributed by atoms with Crippen molar-refractivity contribution >= 4 is 11.9 Å². The number of ether oxygens (including phenoxy) is 2. The molecule has 0 saturated heterocycles. The number of carbonyl (C=O) groups is 1. The number of benzene rings is 1. The fraction of sp³-hybridized carbons (Fsp3) is 0.400. The van der Waals surface area contributed by atoms with Gasteiger partial charge in [-0.2, -0.15) is 0 Å². The van der Waals surface area contributed by atoms with Gasteiger partial charge in [0.25, 0.3) is 5.89 Å². The SMILES string of the molecule is CC(C)(C)C(=O)Nc1nnc(C2COc3ccccc3O2)o1. The maximum atomic E-state index is 11.9. The molecule has 1 amide bonds. The first kappa shape index (κ1) is 14.4. The van der Waals surface area contributed by atoms with E-state index in [2.05, 4.69) is 15.5 Å². The van der Waals surface area contributed by atoms with Crippen molar-refractivity contribution < 1.29 is 18.7 Å². The number of amides is 1. The smallest absolute Gasteiger partial charge is 0.322 e. The average molecular weight is 303 g/mol. The second kappa shape index (κ2) is 5.32. The topological polar surface area (TPSA) is 86.5 Å². The minimum Gasteiger partial charge on any atom is -0.485 e. The van der Waals surface area contributed by atoms with Crippen LogP contribution in [0, 0.1) is 5.41 Å². The van der Waals surface area contributed by atoms with Crippen molar-refractivity contribution in [2.24, 2.45) is 5.41 Å². The lowest BCUT2D eigenvalue weighted by Crippen LogP contribution is -2.27. The molecule has 1 aromatic carbocycles. The van der Waals surface area contributed by atoms with Crippen molar-refractivity contribution in [3.05, 3.63) is 30.2 Å². The number of hydrogen-bond donors (Lipinski definition) is 1. The van der Waals surface area contributed by atoms with Crippen molar-refractivity contribution in [1.82, 2.24) is 10.2 Å². The second-order valence-electron chi connectivity index (χ2n) is 6.01. The summed E-state index contributed by atoms with van der Waals surface area (Å²) in [6.45, 7) is 5.67. The van der Waals surface area contributed by atoms with Crippen LogP contribution < -0.4 is 14.8 Å². The molecule has 2 aromatic rings. The highest BCUT2D eigenvalue weighted by atomic mass is 16.6. The predicted molar refractivity (Wildman–Crippen MR) is 77.7 cm³/mol. The molecular weight excluding hydrogens is 286 g/mol. The molecule has 1 aromatic heterocycles. The van der Waals surface area contributed by atoms with Gasteiger partial charge in [-0.1, -0.05) is 38.0 Å². The van der Waals surface area contributed by atoms with Crippen LogP contribution in [0.3, 0.4) is 0 Å². The molecule has 22 heavy (non-hydrogen) atoms. The van der Waals surface area contributed by atoms with E-state index in [0.29, 0.717) is 11.5 Å². The highest BCUT2D eigenvalue weighted by molar-refractivity contribution is 5.92. The van der Waals surface area contributed by atoms with Crippen LogP contribution in [0.4, 0.5) is 6.01 Å². The van der Waals surface area contributed by atoms with Gasteiger partial charge in [0.05, 0.1) is 0 Å². The van der Waals surface area contributed by atoms with Gasteiger partial charge in [-0.25, -0.2) is 0 Å². The van der Waals surface area contributed by atoms with Gasteiger partial charge >= 0.3 is 6.01 Å². The summed E-state index contributed by atoms with van der Waals surface area (Å²) < 4.78 is 16.8. The number of rotatable bonds is 2. The van der Waals surface area contributed by atoms with Gasteiger partial charge < -0.3 is 13.9 Å². The molecule has 116 valence electrons. The van der Waals surface area contributed by atoms with Crippen LogP contribution in [0.25, 0.3) is 0 Å². The lowest BCUT2D eigenvalue weighted by Gasteiger charge is -2.23. The van der Waals surface area contributed by atoms with E-state index in [-0.39, 0.29) is 24.4 Å². The first-order valence-electron chi connectivity index (χ1n) is 6.97. The number of fused-ring (bicyclic) bond motifs is 1. The number of nitrogens with one attached hydrogen (secondary N) is 1. The van der Waals surface area contributed by atoms with Crippen molar-refractivity contribution in [2.75, 3.05) is 11.9 Å². The van der Waals surface area contributed by atoms with Crippen LogP contribution in [0.2, 0.25) is 0 Å². The quantitative estimate of drug-likeness (QED) is 0.917. The fourth-order valence-corrected chi connectivity index (χ4v) is 1.84. The van der Waals surface area contributed by atoms with Crippen molar-refractivity contribution in [3.8, 4) is 11.5 Å². The Morgan fingerprint density at radius 2 is 1.95 bits per heavy atom. The summed E-state index contributed by atoms with van der Waals surface area (Å²) in [7, 11) is 0. The van der Waals surface area contributed by atoms with Crippen LogP contribution >= 0.6 is 0 Å². The molecule has 0 saturated carbocycles. The van der Waals surface area contributed by atoms with E-state index in [4.69, 9.17) is 13.9 Å². The van der Waals surface area contributed by atoms with E-state index in [1.165, 1.54) is 0 Å². The van der Waals surface area contributed by atoms with Crippen molar-refractivity contribution in [2.45, 2.75) is 26.9 Å². The molecule has 1 unspecified atom stereocenters. The zero-order valence-corrected chi connectivity index (χ0v) is 12.6. The highest BCUT2D eigenvalue weighted by Crippen LogP contribution is 2.35. The Morgan fingerprint density at radius 1 is 1.23 bits per heavy atom. The maximum Gasteiger partial charge on any atom is 0.322 e. The molecule has 7 heteroatoms. The Hall–Kier alpha value is -2.57. The third kappa shape index (κ3) is 2.88. The standard InChI is InChI=1S/C15H17N3O4/c1-15(2,3)13(19)16-14-18-17-12(22-14)11-8-20-9-6-4-5-7-10(9)21-11/h4-7,11H,8H2,1-3H3,(H,16,18,19). The molecule has 1 aliphatic heterocycles. The van der Waals surface area contributed by atoms with Crippen LogP contribution in [-0.4, -0.2) is 22.7 Å². The molecule has 0 bridgehead atoms. The lowest BCUT2D eigenvalue weighted by molar-refractivity contribution is -0.123. The number of nitrogens with zero attached hydrogens (tertiary/aromatic N) is 2. The first-order valence-corrected chi connectivity index (χ1v) is 6.97. The van der Waals surface area contributed by atoms with Crippen LogP contribution in [-0.2, 0) is 4.79 Å². The summed E-state index contributed by atoms with van der Waals surface area (Å²) in [6, 6.07) is 7.41. The van der Waals surface area contributed by atoms with Crippen LogP contribution in [0.15, 0.2) is 28.7 Å². The normalized spacial score (nSPS) is 17.1. The molecule has 0 fully saturated rings. The van der Waals surface area contributed by atoms with Gasteiger partial charge in [-0.15, -0.1) is 5.10 Å². The fourth-order valence-electron chi connectivity index (χ4n) is 1.84. The number of hydrogen-bond acceptors (Lipinski definition) is 6. The molecule has 1 N–H and O–H groups in total. The minimum atomic E-state index is -0.544. The zero-order chi connectivity index (χ0) is 15.7. The number of anilines is 1. The van der Waals surface area contributed by atoms with Gasteiger partial charge in [0.1, 0.15) is 6.61 Å². The summed E-state index contributed by atoms with van der Waals surface area (Å²) in [5.41, 5.74) is -0.544. The van der Waals surface area contributed by atoms with Gasteiger partial charge in [0.2, 0.25) is 12.0 Å². The van der Waals surface area contributed by atoms with Crippen LogP contribution in [0.1, 0.15) is 32.8 Å². The van der Waals surface area contributed by atoms with E-state index in [1.807, 2.05) is 18.2 Å². The largest absolute Gasteiger partial charge is 0.485 e. The molecule has 0 radical (unpaired) electrons. The van der Waals surface area contributed by atoms with Crippen molar-refractivity contribution in [3.63, 3.8) is 0 Å². The van der Waals surface area contributed by atoms with E-state index < -0.39 is 11.5 Å². The van der Waals surface area contributed by atoms with E-state index >= 15 is 0 Å². The second-order valence-corrected chi connectivity index (χ2v) is 6.01. The van der Waals surface area contributed by atoms with Crippen LogP contribution in [0.5, 0.6) is 11.5 Å². The number of aromatic nitrogens is 2. The summed E-state index contributed by atoms with van der Waals surface area (Å²) in [5.74, 6) is 1.37. The zero-order valence-electron chi connectivity index (χ0n) is 12.6. The Kier molecular flexibility index (Phi) is 3.48. The monoisotopic (exact) mass is 303 g/mol. The molecular formula is C15H17N3O4. The Labute approximate surface area is 127 Å². The van der Waals surface area contributed by atoms with Crippen molar-refractivity contribution in [1.29, 1.82) is 0 Å². The van der Waals surface area contributed by atoms with Gasteiger partial charge in [0.15, 0.2) is 11.5 Å². The molecule has 1 aliphatic rings. The average Bonchev–Trinajstić information content (AvgIpc) is 2.94. The van der Waals surface area contributed by atoms with E-state index in [9.17, 15) is 4.79 Å². The summed E-state index contributed by atoms with van der Waals surface area (Å²) in [5, 5.41) is 10.3. The summed E-state index contributed by atoms with van der Waals surface area (Å²) >= 11 is 0. The molecule has 7 nitrogen and oxygen atoms in total. The molecule has 2 heterocycles. The van der Waals surface area contributed by atoms with E-state index in [1.54, 1.807) is 26.8 Å². The number of carbonyl (C=O) groups excluding carboxylic acids is 1. The van der Waals surface area contributed by atoms with Gasteiger partial charge in [-0.05, 0) is 12.1 Å². The summed E-state index contributed by atoms with van der Waals surface area (Å²) in [6.07, 6.45) is -0.498. The van der Waals surface area contributed by atoms with E-state index in [0.717, 1.165) is 0 Å². The molecule has 0 aliphatic carbocycles. The molecule has 3 rings (SSSR count). The van der Waals surface area contributed by atoms with Gasteiger partial charge in [0, 0.05) is 5.41 Å². The third-order valence-corrected chi connectivity index (χ3v) is 3.13. The third-order valence-electron chi connectivity index (χ3n) is 3.13. The summed E-state index contributed by atoms with van der Waals surface area (Å²) in [4.78, 5) is 11.9. The maximum absolute atomic E-state index is 11.9. The minimum absolute atomic E-state index is 0.0531. The molecule has 0 spiro atoms. The first-order chi connectivity index (χ1) is 10.4. The lowest BCUT2D eigenvalue weighted by atomic mass is 9.96. The molecule has 1 atom stereocenters. The Bertz CT molecular complexity index is 690. The van der Waals surface area contributed by atoms with Gasteiger partial charge in [-0.3, -0.25) is 10.1 Å². The highest BCUT2D eigenvalue weighted by Gasteiger charge is 2.28. The predicted octanol–water partition coefficient (Wildman–Crippen LogP) is 2.57. The number of para-hydroxylation sites is 2.